The molecule has 0 aliphatic heterocycles. The highest BCUT2D eigenvalue weighted by Crippen LogP contribution is 2.45. The van der Waals surface area contributed by atoms with Crippen LogP contribution in [0.15, 0.2) is 203 Å². The third kappa shape index (κ3) is 5.40. The zero-order chi connectivity index (χ0) is 45.0. The first kappa shape index (κ1) is 37.6. The summed E-state index contributed by atoms with van der Waals surface area (Å²) in [5.74, 6) is 0.497. The Hall–Kier alpha value is -9.76. The van der Waals surface area contributed by atoms with Gasteiger partial charge in [-0.15, -0.1) is 0 Å². The van der Waals surface area contributed by atoms with E-state index in [0.29, 0.717) is 28.3 Å². The summed E-state index contributed by atoms with van der Waals surface area (Å²) in [6.07, 6.45) is 0. The van der Waals surface area contributed by atoms with Gasteiger partial charge in [-0.3, -0.25) is 0 Å². The number of nitrogens with zero attached hydrogens (tertiary/aromatic N) is 6. The summed E-state index contributed by atoms with van der Waals surface area (Å²) < 4.78 is 17.8. The van der Waals surface area contributed by atoms with Gasteiger partial charge in [0.25, 0.3) is 0 Å². The van der Waals surface area contributed by atoms with Crippen molar-refractivity contribution in [3.63, 3.8) is 0 Å². The van der Waals surface area contributed by atoms with Crippen LogP contribution in [0.4, 0.5) is 0 Å². The number of fused-ring (bicyclic) bond motifs is 14. The number of furan rings is 2. The lowest BCUT2D eigenvalue weighted by Gasteiger charge is -2.17. The van der Waals surface area contributed by atoms with Gasteiger partial charge in [-0.2, -0.15) is 10.5 Å². The van der Waals surface area contributed by atoms with Gasteiger partial charge >= 0.3 is 0 Å². The summed E-state index contributed by atoms with van der Waals surface area (Å²) in [6, 6.07) is 69.8. The molecule has 314 valence electrons. The smallest absolute Gasteiger partial charge is 0.160 e. The molecule has 0 N–H and O–H groups in total. The summed E-state index contributed by atoms with van der Waals surface area (Å²) in [6.45, 7) is 0. The monoisotopic (exact) mass is 868 g/mol. The quantitative estimate of drug-likeness (QED) is 0.170. The molecule has 0 saturated heterocycles. The molecule has 8 nitrogen and oxygen atoms in total. The Labute approximate surface area is 387 Å². The van der Waals surface area contributed by atoms with Crippen molar-refractivity contribution in [3.05, 3.63) is 205 Å². The molecule has 5 aromatic heterocycles. The van der Waals surface area contributed by atoms with Crippen LogP contribution in [-0.2, 0) is 0 Å². The van der Waals surface area contributed by atoms with E-state index in [0.717, 1.165) is 116 Å². The van der Waals surface area contributed by atoms with Crippen LogP contribution in [0.3, 0.4) is 0 Å². The van der Waals surface area contributed by atoms with Crippen molar-refractivity contribution in [2.45, 2.75) is 0 Å². The molecule has 0 aliphatic rings. The predicted octanol–water partition coefficient (Wildman–Crippen LogP) is 15.2. The van der Waals surface area contributed by atoms with E-state index in [1.54, 1.807) is 0 Å². The summed E-state index contributed by atoms with van der Waals surface area (Å²) in [5, 5.41) is 29.2. The molecule has 5 heterocycles. The number of hydrogen-bond donors (Lipinski definition) is 0. The molecule has 0 radical (unpaired) electrons. The van der Waals surface area contributed by atoms with Crippen molar-refractivity contribution in [1.82, 2.24) is 19.1 Å². The average Bonchev–Trinajstić information content (AvgIpc) is 4.16. The minimum atomic E-state index is 0.486. The molecule has 0 saturated carbocycles. The second-order valence-electron chi connectivity index (χ2n) is 17.1. The van der Waals surface area contributed by atoms with E-state index in [2.05, 4.69) is 94.1 Å². The number of aromatic nitrogens is 4. The third-order valence-corrected chi connectivity index (χ3v) is 13.4. The minimum absolute atomic E-state index is 0.486. The lowest BCUT2D eigenvalue weighted by atomic mass is 10.0. The molecule has 0 bridgehead atoms. The molecule has 68 heavy (non-hydrogen) atoms. The van der Waals surface area contributed by atoms with E-state index in [4.69, 9.17) is 18.8 Å². The van der Waals surface area contributed by atoms with Crippen molar-refractivity contribution in [3.8, 4) is 57.4 Å². The van der Waals surface area contributed by atoms with Crippen LogP contribution in [-0.4, -0.2) is 19.1 Å². The van der Waals surface area contributed by atoms with Gasteiger partial charge < -0.3 is 18.0 Å². The third-order valence-electron chi connectivity index (χ3n) is 13.4. The Kier molecular flexibility index (Phi) is 7.95. The first-order chi connectivity index (χ1) is 33.6. The van der Waals surface area contributed by atoms with Crippen LogP contribution in [0.1, 0.15) is 11.1 Å². The van der Waals surface area contributed by atoms with Crippen molar-refractivity contribution >= 4 is 87.5 Å². The van der Waals surface area contributed by atoms with Gasteiger partial charge in [0.1, 0.15) is 22.3 Å². The van der Waals surface area contributed by atoms with Crippen LogP contribution in [0, 0.1) is 22.7 Å². The van der Waals surface area contributed by atoms with Crippen LogP contribution < -0.4 is 0 Å². The van der Waals surface area contributed by atoms with Crippen LogP contribution in [0.5, 0.6) is 0 Å². The van der Waals surface area contributed by atoms with Gasteiger partial charge in [0, 0.05) is 49.0 Å². The summed E-state index contributed by atoms with van der Waals surface area (Å²) in [5.41, 5.74) is 13.3. The molecule has 0 spiro atoms. The van der Waals surface area contributed by atoms with Crippen LogP contribution in [0.2, 0.25) is 0 Å². The SMILES string of the molecule is N#Cc1ccc(-n2c3ccccc3c3c4oc5ccccc5c4ccc32)c(-c2cc(-c3cc(C#N)ccc3-n3c4ccccc4c4c5oc6ccccc6c5ccc43)nc(-c3ccccc3)n2)c1. The fraction of sp³-hybridized carbons (Fsp3) is 0. The molecular formula is C60H32N6O2. The fourth-order valence-corrected chi connectivity index (χ4v) is 10.4. The standard InChI is InChI=1S/C60H32N6O2/c61-33-35-22-26-50(65-48-18-8-4-16-42(48)56-52(65)28-24-40-38-14-6-10-20-54(38)67-58(40)56)44(30-35)46-32-47(64-60(63-46)37-12-2-1-3-13-37)45-31-36(34-62)23-27-51(45)66-49-19-9-5-17-43(49)57-53(66)29-25-41-39-15-7-11-21-55(39)68-59(41)57/h1-32H. The number of hydrogen-bond acceptors (Lipinski definition) is 6. The van der Waals surface area contributed by atoms with E-state index < -0.39 is 0 Å². The first-order valence-electron chi connectivity index (χ1n) is 22.3. The minimum Gasteiger partial charge on any atom is -0.455 e. The number of para-hydroxylation sites is 4. The fourth-order valence-electron chi connectivity index (χ4n) is 10.4. The van der Waals surface area contributed by atoms with Gasteiger partial charge in [0.05, 0.1) is 78.9 Å². The highest BCUT2D eigenvalue weighted by atomic mass is 16.3. The lowest BCUT2D eigenvalue weighted by molar-refractivity contribution is 0.672. The maximum absolute atomic E-state index is 10.5. The summed E-state index contributed by atoms with van der Waals surface area (Å²) in [7, 11) is 0. The Balaban J connectivity index is 1.06. The van der Waals surface area contributed by atoms with Gasteiger partial charge in [-0.1, -0.05) is 103 Å². The zero-order valence-corrected chi connectivity index (χ0v) is 36.0. The van der Waals surface area contributed by atoms with Crippen LogP contribution in [0.25, 0.3) is 133 Å². The van der Waals surface area contributed by atoms with Crippen molar-refractivity contribution in [2.75, 3.05) is 0 Å². The molecule has 0 aliphatic carbocycles. The first-order valence-corrected chi connectivity index (χ1v) is 22.3. The van der Waals surface area contributed by atoms with E-state index in [1.165, 1.54) is 0 Å². The van der Waals surface area contributed by atoms with Gasteiger partial charge in [0.15, 0.2) is 5.82 Å². The highest BCUT2D eigenvalue weighted by Gasteiger charge is 2.25. The van der Waals surface area contributed by atoms with E-state index in [-0.39, 0.29) is 0 Å². The number of rotatable bonds is 5. The molecule has 14 rings (SSSR count). The summed E-state index contributed by atoms with van der Waals surface area (Å²) >= 11 is 0. The molecule has 8 heteroatoms. The molecule has 0 unspecified atom stereocenters. The Morgan fingerprint density at radius 3 is 1.31 bits per heavy atom. The van der Waals surface area contributed by atoms with E-state index in [9.17, 15) is 10.5 Å². The highest BCUT2D eigenvalue weighted by molar-refractivity contribution is 6.25. The molecular weight excluding hydrogens is 837 g/mol. The largest absolute Gasteiger partial charge is 0.455 e. The Morgan fingerprint density at radius 1 is 0.382 bits per heavy atom. The Morgan fingerprint density at radius 2 is 0.824 bits per heavy atom. The molecule has 14 aromatic rings. The number of nitriles is 2. The van der Waals surface area contributed by atoms with Crippen molar-refractivity contribution in [2.24, 2.45) is 0 Å². The lowest BCUT2D eigenvalue weighted by Crippen LogP contribution is -2.03. The van der Waals surface area contributed by atoms with Gasteiger partial charge in [0.2, 0.25) is 0 Å². The zero-order valence-electron chi connectivity index (χ0n) is 36.0. The molecule has 9 aromatic carbocycles. The average molecular weight is 869 g/mol. The second kappa shape index (κ2) is 14.4. The normalized spacial score (nSPS) is 11.8. The maximum atomic E-state index is 10.5. The van der Waals surface area contributed by atoms with Crippen LogP contribution >= 0.6 is 0 Å². The van der Waals surface area contributed by atoms with E-state index >= 15 is 0 Å². The number of benzene rings is 9. The van der Waals surface area contributed by atoms with E-state index in [1.807, 2.05) is 121 Å². The second-order valence-corrected chi connectivity index (χ2v) is 17.1. The molecule has 0 amide bonds. The van der Waals surface area contributed by atoms with Crippen molar-refractivity contribution in [1.29, 1.82) is 10.5 Å². The van der Waals surface area contributed by atoms with Crippen molar-refractivity contribution < 1.29 is 8.83 Å². The Bertz CT molecular complexity index is 4270. The van der Waals surface area contributed by atoms with Gasteiger partial charge in [-0.25, -0.2) is 9.97 Å². The molecule has 0 fully saturated rings. The van der Waals surface area contributed by atoms with Gasteiger partial charge in [-0.05, 0) is 91.0 Å². The molecule has 0 atom stereocenters. The summed E-state index contributed by atoms with van der Waals surface area (Å²) in [4.78, 5) is 10.7. The maximum Gasteiger partial charge on any atom is 0.160 e. The predicted molar refractivity (Wildman–Crippen MR) is 271 cm³/mol. The topological polar surface area (TPSA) is 110 Å².